The fraction of sp³-hybridized carbons (Fsp3) is 0.800. The van der Waals surface area contributed by atoms with Crippen molar-refractivity contribution in [3.8, 4) is 5.75 Å². The highest BCUT2D eigenvalue weighted by atomic mass is 31.2. The second-order valence-electron chi connectivity index (χ2n) is 11.5. The minimum Gasteiger partial charge on any atom is -0.598 e. The third-order valence-corrected chi connectivity index (χ3v) is 7.40. The Morgan fingerprint density at radius 2 is 1.39 bits per heavy atom. The van der Waals surface area contributed by atoms with Gasteiger partial charge in [0.25, 0.3) is 0 Å². The van der Waals surface area contributed by atoms with Crippen molar-refractivity contribution in [1.82, 2.24) is 0 Å². The van der Waals surface area contributed by atoms with Crippen LogP contribution < -0.4 is 9.42 Å². The molecule has 1 unspecified atom stereocenters. The Morgan fingerprint density at radius 3 is 1.92 bits per heavy atom. The van der Waals surface area contributed by atoms with Crippen LogP contribution in [0.2, 0.25) is 0 Å². The Bertz CT molecular complexity index is 698. The van der Waals surface area contributed by atoms with Crippen molar-refractivity contribution in [2.24, 2.45) is 0 Å². The summed E-state index contributed by atoms with van der Waals surface area (Å²) >= 11 is 0. The molecule has 1 aromatic carbocycles. The van der Waals surface area contributed by atoms with Crippen molar-refractivity contribution in [1.29, 1.82) is 0 Å². The van der Waals surface area contributed by atoms with Gasteiger partial charge in [0.2, 0.25) is 0 Å². The highest BCUT2D eigenvalue weighted by molar-refractivity contribution is 7.53. The van der Waals surface area contributed by atoms with Crippen LogP contribution in [0.25, 0.3) is 0 Å². The number of rotatable bonds is 25. The Labute approximate surface area is 234 Å². The summed E-state index contributed by atoms with van der Waals surface area (Å²) in [6.07, 6.45) is 18.1. The van der Waals surface area contributed by atoms with Crippen molar-refractivity contribution in [3.05, 3.63) is 29.8 Å². The molecular formula is C30H57NO6P+. The van der Waals surface area contributed by atoms with E-state index in [2.05, 4.69) is 28.1 Å². The lowest BCUT2D eigenvalue weighted by Crippen LogP contribution is -2.33. The number of benzene rings is 1. The summed E-state index contributed by atoms with van der Waals surface area (Å²) < 4.78 is 22.3. The summed E-state index contributed by atoms with van der Waals surface area (Å²) in [7, 11) is 3.52. The predicted octanol–water partition coefficient (Wildman–Crippen LogP) is 6.83. The minimum absolute atomic E-state index is 0.0818. The number of quaternary nitrogens is 1. The normalized spacial score (nSPS) is 14.4. The first-order valence-corrected chi connectivity index (χ1v) is 16.3. The summed E-state index contributed by atoms with van der Waals surface area (Å²) in [4.78, 5) is 22.6. The second kappa shape index (κ2) is 21.0. The van der Waals surface area contributed by atoms with E-state index in [4.69, 9.17) is 18.5 Å². The summed E-state index contributed by atoms with van der Waals surface area (Å²) in [5.41, 5.74) is 1.02. The van der Waals surface area contributed by atoms with Crippen molar-refractivity contribution < 1.29 is 32.8 Å². The van der Waals surface area contributed by atoms with Gasteiger partial charge in [-0.25, -0.2) is 0 Å². The zero-order valence-electron chi connectivity index (χ0n) is 25.0. The van der Waals surface area contributed by atoms with Crippen molar-refractivity contribution in [2.45, 2.75) is 109 Å². The molecule has 0 heterocycles. The topological polar surface area (TPSA) is 80.2 Å². The standard InChI is InChI=1S/C30H56NO6P/c1-6-7-8-9-10-11-12-13-14-15-16-17-18-19-23-35-26-30(34-5)27-36-38(32,33)37-29-22-20-21-28(24-29)25-31(2,3)4/h20-22,24,30H,6-19,23,25-27H2,1-5H3/p+1/t30-/m1/s1. The molecule has 7 nitrogen and oxygen atoms in total. The third kappa shape index (κ3) is 20.2. The van der Waals surface area contributed by atoms with E-state index < -0.39 is 14.3 Å². The number of unbranched alkanes of at least 4 members (excludes halogenated alkanes) is 13. The molecule has 0 spiro atoms. The number of hydrogen-bond donors (Lipinski definition) is 1. The molecule has 38 heavy (non-hydrogen) atoms. The number of hydrogen-bond acceptors (Lipinski definition) is 6. The molecule has 1 N–H and O–H groups in total. The summed E-state index contributed by atoms with van der Waals surface area (Å²) in [5, 5.41) is 0. The van der Waals surface area contributed by atoms with Crippen LogP contribution in [0.5, 0.6) is 5.75 Å². The van der Waals surface area contributed by atoms with Crippen LogP contribution in [0.15, 0.2) is 24.3 Å². The number of nitrogens with zero attached hydrogens (tertiary/aromatic N) is 1. The molecular weight excluding hydrogens is 501 g/mol. The average molecular weight is 559 g/mol. The van der Waals surface area contributed by atoms with Crippen LogP contribution in [-0.4, -0.2) is 63.6 Å². The van der Waals surface area contributed by atoms with E-state index in [1.807, 2.05) is 12.1 Å². The fourth-order valence-electron chi connectivity index (χ4n) is 4.38. The van der Waals surface area contributed by atoms with E-state index in [9.17, 15) is 9.79 Å². The molecule has 0 radical (unpaired) electrons. The first kappa shape index (κ1) is 35.2. The molecule has 222 valence electrons. The molecule has 0 amide bonds. The molecule has 0 bridgehead atoms. The highest BCUT2D eigenvalue weighted by Crippen LogP contribution is 2.48. The first-order valence-electron chi connectivity index (χ1n) is 14.8. The molecule has 0 aromatic heterocycles. The van der Waals surface area contributed by atoms with E-state index in [1.165, 1.54) is 83.5 Å². The van der Waals surface area contributed by atoms with Gasteiger partial charge in [-0.1, -0.05) is 103 Å². The van der Waals surface area contributed by atoms with Gasteiger partial charge in [-0.2, -0.15) is 9.42 Å². The van der Waals surface area contributed by atoms with Gasteiger partial charge in [0, 0.05) is 19.3 Å². The van der Waals surface area contributed by atoms with E-state index in [0.29, 0.717) is 19.0 Å². The van der Waals surface area contributed by atoms with Crippen molar-refractivity contribution in [2.75, 3.05) is 48.1 Å². The Hall–Kier alpha value is -0.790. The fourth-order valence-corrected chi connectivity index (χ4v) is 5.17. The molecule has 0 aliphatic heterocycles. The van der Waals surface area contributed by atoms with Crippen LogP contribution in [0, 0.1) is 0 Å². The molecule has 1 rings (SSSR count). The molecule has 0 fully saturated rings. The Kier molecular flexibility index (Phi) is 19.5. The Morgan fingerprint density at radius 1 is 0.842 bits per heavy atom. The van der Waals surface area contributed by atoms with Crippen LogP contribution in [0.4, 0.5) is 0 Å². The zero-order chi connectivity index (χ0) is 28.1. The maximum absolute atomic E-state index is 12.4. The molecule has 8 heteroatoms. The first-order chi connectivity index (χ1) is 18.1. The van der Waals surface area contributed by atoms with Crippen molar-refractivity contribution >= 4 is 8.17 Å². The lowest BCUT2D eigenvalue weighted by molar-refractivity contribution is -0.884. The summed E-state index contributed by atoms with van der Waals surface area (Å²) in [6, 6.07) is 7.20. The lowest BCUT2D eigenvalue weighted by Gasteiger charge is -2.25. The van der Waals surface area contributed by atoms with Crippen LogP contribution in [0.3, 0.4) is 0 Å². The Balaban J connectivity index is 2.08. The molecule has 0 saturated heterocycles. The van der Waals surface area contributed by atoms with Gasteiger partial charge < -0.3 is 18.9 Å². The number of ether oxygens (including phenoxy) is 2. The summed E-state index contributed by atoms with van der Waals surface area (Å²) in [6.45, 7) is 3.93. The van der Waals surface area contributed by atoms with E-state index in [1.54, 1.807) is 19.2 Å². The monoisotopic (exact) mass is 558 g/mol. The molecule has 1 aromatic rings. The van der Waals surface area contributed by atoms with Crippen LogP contribution in [-0.2, 0) is 20.5 Å². The highest BCUT2D eigenvalue weighted by Gasteiger charge is 2.31. The minimum atomic E-state index is -4.27. The average Bonchev–Trinajstić information content (AvgIpc) is 2.84. The molecule has 0 saturated carbocycles. The number of methoxy groups -OCH3 is 1. The predicted molar refractivity (Wildman–Crippen MR) is 156 cm³/mol. The van der Waals surface area contributed by atoms with E-state index in [-0.39, 0.29) is 6.61 Å². The van der Waals surface area contributed by atoms with Crippen LogP contribution >= 0.6 is 8.17 Å². The van der Waals surface area contributed by atoms with Gasteiger partial charge in [0.05, 0.1) is 27.7 Å². The largest absolute Gasteiger partial charge is 0.598 e. The van der Waals surface area contributed by atoms with Gasteiger partial charge in [0.15, 0.2) is 5.75 Å². The third-order valence-electron chi connectivity index (χ3n) is 6.48. The number of phosphoric acid groups is 1. The zero-order valence-corrected chi connectivity index (χ0v) is 25.9. The van der Waals surface area contributed by atoms with Gasteiger partial charge in [-0.3, -0.25) is 4.52 Å². The molecule has 0 aliphatic carbocycles. The van der Waals surface area contributed by atoms with Crippen LogP contribution in [0.1, 0.15) is 102 Å². The molecule has 0 aliphatic rings. The maximum Gasteiger partial charge on any atom is 0.426 e. The smallest absolute Gasteiger partial charge is 0.426 e. The van der Waals surface area contributed by atoms with E-state index in [0.717, 1.165) is 23.0 Å². The quantitative estimate of drug-likeness (QED) is 0.0805. The molecule has 2 atom stereocenters. The SMILES string of the molecule is CCCCCCCCCCCCCCCCOC[C@H](CO[P+]([O-])(O)Oc1cccc(C[N+](C)(C)C)c1)OC. The summed E-state index contributed by atoms with van der Waals surface area (Å²) in [5.74, 6) is 0.310. The van der Waals surface area contributed by atoms with Crippen molar-refractivity contribution in [3.63, 3.8) is 0 Å². The lowest BCUT2D eigenvalue weighted by atomic mass is 10.0. The van der Waals surface area contributed by atoms with Gasteiger partial charge in [-0.15, -0.1) is 0 Å². The van der Waals surface area contributed by atoms with E-state index >= 15 is 0 Å². The van der Waals surface area contributed by atoms with Gasteiger partial charge in [-0.05, 0) is 18.6 Å². The van der Waals surface area contributed by atoms with Gasteiger partial charge in [0.1, 0.15) is 19.3 Å². The second-order valence-corrected chi connectivity index (χ2v) is 12.9. The van der Waals surface area contributed by atoms with Gasteiger partial charge >= 0.3 is 8.17 Å². The number of phosphoric ester groups is 1. The maximum atomic E-state index is 12.4.